The van der Waals surface area contributed by atoms with Crippen molar-refractivity contribution in [2.75, 3.05) is 16.8 Å². The van der Waals surface area contributed by atoms with Gasteiger partial charge in [0.15, 0.2) is 0 Å². The molecule has 5 heteroatoms. The van der Waals surface area contributed by atoms with Crippen molar-refractivity contribution in [3.8, 4) is 6.07 Å². The zero-order valence-corrected chi connectivity index (χ0v) is 12.4. The molecule has 1 aliphatic heterocycles. The van der Waals surface area contributed by atoms with Crippen LogP contribution in [0.2, 0.25) is 0 Å². The Labute approximate surface area is 134 Å². The molecule has 0 saturated carbocycles. The fraction of sp³-hybridized carbons (Fsp3) is 0.167. The number of rotatable bonds is 3. The molecule has 1 heterocycles. The topological polar surface area (TPSA) is 73.2 Å². The third-order valence-electron chi connectivity index (χ3n) is 3.85. The quantitative estimate of drug-likeness (QED) is 0.947. The number of hydrogen-bond donors (Lipinski definition) is 1. The zero-order valence-electron chi connectivity index (χ0n) is 12.4. The standard InChI is InChI=1S/C18H15N3O2/c19-11-13-6-8-15(9-7-13)20-18(23)14-10-17(22)21(12-14)16-4-2-1-3-5-16/h1-9,14H,10,12H2,(H,20,23). The van der Waals surface area contributed by atoms with E-state index in [1.54, 1.807) is 29.2 Å². The van der Waals surface area contributed by atoms with E-state index in [4.69, 9.17) is 5.26 Å². The number of nitriles is 1. The van der Waals surface area contributed by atoms with E-state index in [0.29, 0.717) is 17.8 Å². The number of amides is 2. The van der Waals surface area contributed by atoms with Crippen molar-refractivity contribution in [2.24, 2.45) is 5.92 Å². The van der Waals surface area contributed by atoms with Crippen LogP contribution in [-0.2, 0) is 9.59 Å². The first-order chi connectivity index (χ1) is 11.2. The van der Waals surface area contributed by atoms with Crippen LogP contribution in [0.3, 0.4) is 0 Å². The molecule has 1 atom stereocenters. The number of benzene rings is 2. The minimum Gasteiger partial charge on any atom is -0.326 e. The fourth-order valence-electron chi connectivity index (χ4n) is 2.61. The van der Waals surface area contributed by atoms with Gasteiger partial charge in [-0.25, -0.2) is 0 Å². The van der Waals surface area contributed by atoms with Gasteiger partial charge in [0.05, 0.1) is 17.6 Å². The van der Waals surface area contributed by atoms with Gasteiger partial charge in [0.2, 0.25) is 11.8 Å². The Bertz CT molecular complexity index is 763. The first-order valence-corrected chi connectivity index (χ1v) is 7.34. The van der Waals surface area contributed by atoms with Crippen LogP contribution < -0.4 is 10.2 Å². The van der Waals surface area contributed by atoms with E-state index in [1.165, 1.54) is 0 Å². The smallest absolute Gasteiger partial charge is 0.229 e. The Hall–Kier alpha value is -3.13. The maximum Gasteiger partial charge on any atom is 0.229 e. The first-order valence-electron chi connectivity index (χ1n) is 7.34. The van der Waals surface area contributed by atoms with E-state index in [1.807, 2.05) is 36.4 Å². The van der Waals surface area contributed by atoms with Crippen LogP contribution in [0.25, 0.3) is 0 Å². The third kappa shape index (κ3) is 3.22. The largest absolute Gasteiger partial charge is 0.326 e. The molecule has 2 aromatic carbocycles. The van der Waals surface area contributed by atoms with Crippen molar-refractivity contribution in [3.63, 3.8) is 0 Å². The van der Waals surface area contributed by atoms with Crippen LogP contribution >= 0.6 is 0 Å². The van der Waals surface area contributed by atoms with E-state index >= 15 is 0 Å². The summed E-state index contributed by atoms with van der Waals surface area (Å²) >= 11 is 0. The van der Waals surface area contributed by atoms with Gasteiger partial charge in [-0.3, -0.25) is 9.59 Å². The van der Waals surface area contributed by atoms with Crippen molar-refractivity contribution in [3.05, 3.63) is 60.2 Å². The highest BCUT2D eigenvalue weighted by Crippen LogP contribution is 2.25. The van der Waals surface area contributed by atoms with Crippen molar-refractivity contribution < 1.29 is 9.59 Å². The summed E-state index contributed by atoms with van der Waals surface area (Å²) < 4.78 is 0. The summed E-state index contributed by atoms with van der Waals surface area (Å²) in [7, 11) is 0. The molecule has 3 rings (SSSR count). The Morgan fingerprint density at radius 3 is 2.48 bits per heavy atom. The van der Waals surface area contributed by atoms with Gasteiger partial charge in [-0.15, -0.1) is 0 Å². The SMILES string of the molecule is N#Cc1ccc(NC(=O)C2CC(=O)N(c3ccccc3)C2)cc1. The van der Waals surface area contributed by atoms with Crippen molar-refractivity contribution >= 4 is 23.2 Å². The van der Waals surface area contributed by atoms with Crippen LogP contribution in [0, 0.1) is 17.2 Å². The molecule has 0 aromatic heterocycles. The highest BCUT2D eigenvalue weighted by molar-refractivity contribution is 6.03. The lowest BCUT2D eigenvalue weighted by molar-refractivity contribution is -0.122. The highest BCUT2D eigenvalue weighted by atomic mass is 16.2. The van der Waals surface area contributed by atoms with Crippen LogP contribution in [-0.4, -0.2) is 18.4 Å². The molecule has 1 unspecified atom stereocenters. The summed E-state index contributed by atoms with van der Waals surface area (Å²) in [5.41, 5.74) is 1.97. The predicted molar refractivity (Wildman–Crippen MR) is 86.7 cm³/mol. The number of para-hydroxylation sites is 1. The van der Waals surface area contributed by atoms with Crippen LogP contribution in [0.4, 0.5) is 11.4 Å². The Kier molecular flexibility index (Phi) is 4.07. The van der Waals surface area contributed by atoms with E-state index in [9.17, 15) is 9.59 Å². The summed E-state index contributed by atoms with van der Waals surface area (Å²) in [6.45, 7) is 0.380. The number of hydrogen-bond acceptors (Lipinski definition) is 3. The van der Waals surface area contributed by atoms with E-state index in [0.717, 1.165) is 5.69 Å². The van der Waals surface area contributed by atoms with Crippen molar-refractivity contribution in [1.29, 1.82) is 5.26 Å². The molecule has 1 fully saturated rings. The second-order valence-corrected chi connectivity index (χ2v) is 5.42. The molecular weight excluding hydrogens is 290 g/mol. The number of carbonyl (C=O) groups excluding carboxylic acids is 2. The molecule has 0 aliphatic carbocycles. The maximum absolute atomic E-state index is 12.3. The maximum atomic E-state index is 12.3. The molecule has 1 aliphatic rings. The summed E-state index contributed by atoms with van der Waals surface area (Å²) in [6.07, 6.45) is 0.205. The molecular formula is C18H15N3O2. The number of nitrogens with one attached hydrogen (secondary N) is 1. The Balaban J connectivity index is 1.67. The molecule has 114 valence electrons. The average Bonchev–Trinajstić information content (AvgIpc) is 2.98. The second kappa shape index (κ2) is 6.32. The molecule has 1 N–H and O–H groups in total. The van der Waals surface area contributed by atoms with E-state index in [-0.39, 0.29) is 24.2 Å². The molecule has 5 nitrogen and oxygen atoms in total. The molecule has 23 heavy (non-hydrogen) atoms. The lowest BCUT2D eigenvalue weighted by Gasteiger charge is -2.16. The van der Waals surface area contributed by atoms with Crippen molar-refractivity contribution in [1.82, 2.24) is 0 Å². The lowest BCUT2D eigenvalue weighted by atomic mass is 10.1. The van der Waals surface area contributed by atoms with Gasteiger partial charge < -0.3 is 10.2 Å². The Morgan fingerprint density at radius 1 is 1.13 bits per heavy atom. The van der Waals surface area contributed by atoms with Gasteiger partial charge in [0, 0.05) is 24.3 Å². The first kappa shape index (κ1) is 14.8. The van der Waals surface area contributed by atoms with Crippen molar-refractivity contribution in [2.45, 2.75) is 6.42 Å². The van der Waals surface area contributed by atoms with Gasteiger partial charge in [-0.2, -0.15) is 5.26 Å². The zero-order chi connectivity index (χ0) is 16.2. The monoisotopic (exact) mass is 305 g/mol. The normalized spacial score (nSPS) is 16.9. The number of anilines is 2. The summed E-state index contributed by atoms with van der Waals surface area (Å²) in [4.78, 5) is 26.1. The van der Waals surface area contributed by atoms with Crippen LogP contribution in [0.1, 0.15) is 12.0 Å². The molecule has 0 spiro atoms. The lowest BCUT2D eigenvalue weighted by Crippen LogP contribution is -2.28. The van der Waals surface area contributed by atoms with Gasteiger partial charge in [-0.05, 0) is 36.4 Å². The second-order valence-electron chi connectivity index (χ2n) is 5.42. The van der Waals surface area contributed by atoms with E-state index < -0.39 is 0 Å². The van der Waals surface area contributed by atoms with Crippen LogP contribution in [0.5, 0.6) is 0 Å². The number of nitrogens with zero attached hydrogens (tertiary/aromatic N) is 2. The summed E-state index contributed by atoms with van der Waals surface area (Å²) in [6, 6.07) is 18.0. The minimum atomic E-state index is -0.377. The van der Waals surface area contributed by atoms with Gasteiger partial charge in [-0.1, -0.05) is 18.2 Å². The summed E-state index contributed by atoms with van der Waals surface area (Å²) in [5, 5.41) is 11.6. The average molecular weight is 305 g/mol. The predicted octanol–water partition coefficient (Wildman–Crippen LogP) is 2.55. The van der Waals surface area contributed by atoms with Gasteiger partial charge in [0.25, 0.3) is 0 Å². The van der Waals surface area contributed by atoms with E-state index in [2.05, 4.69) is 5.32 Å². The molecule has 2 amide bonds. The Morgan fingerprint density at radius 2 is 1.83 bits per heavy atom. The summed E-state index contributed by atoms with van der Waals surface area (Å²) in [5.74, 6) is -0.601. The van der Waals surface area contributed by atoms with Crippen LogP contribution in [0.15, 0.2) is 54.6 Å². The van der Waals surface area contributed by atoms with Gasteiger partial charge >= 0.3 is 0 Å². The third-order valence-corrected chi connectivity index (χ3v) is 3.85. The molecule has 0 bridgehead atoms. The number of carbonyl (C=O) groups is 2. The van der Waals surface area contributed by atoms with Gasteiger partial charge in [0.1, 0.15) is 0 Å². The fourth-order valence-corrected chi connectivity index (χ4v) is 2.61. The minimum absolute atomic E-state index is 0.0452. The molecule has 1 saturated heterocycles. The highest BCUT2D eigenvalue weighted by Gasteiger charge is 2.35. The molecule has 2 aromatic rings. The molecule has 0 radical (unpaired) electrons.